The van der Waals surface area contributed by atoms with Gasteiger partial charge in [0, 0.05) is 0 Å². The fourth-order valence-electron chi connectivity index (χ4n) is 3.32. The molecule has 4 nitrogen and oxygen atoms in total. The second kappa shape index (κ2) is 8.63. The van der Waals surface area contributed by atoms with Gasteiger partial charge in [-0.1, -0.05) is 11.8 Å². The first-order valence-corrected chi connectivity index (χ1v) is 14.8. The Bertz CT molecular complexity index is 980. The minimum Gasteiger partial charge on any atom is -0.0615 e. The van der Waals surface area contributed by atoms with Gasteiger partial charge in [-0.25, -0.2) is 0 Å². The van der Waals surface area contributed by atoms with Crippen LogP contribution < -0.4 is 10.2 Å². The molecule has 9 heteroatoms. The van der Waals surface area contributed by atoms with E-state index >= 15 is 0 Å². The van der Waals surface area contributed by atoms with E-state index in [9.17, 15) is 4.39 Å². The first kappa shape index (κ1) is 22.1. The summed E-state index contributed by atoms with van der Waals surface area (Å²) in [6.07, 6.45) is 0. The van der Waals surface area contributed by atoms with Crippen LogP contribution in [0.5, 0.6) is 5.75 Å². The van der Waals surface area contributed by atoms with E-state index < -0.39 is 37.0 Å². The van der Waals surface area contributed by atoms with E-state index in [2.05, 4.69) is 36.1 Å². The zero-order valence-electron chi connectivity index (χ0n) is 16.1. The zero-order chi connectivity index (χ0) is 20.5. The zero-order valence-corrected chi connectivity index (χ0v) is 22.4. The van der Waals surface area contributed by atoms with Gasteiger partial charge in [-0.05, 0) is 8.02 Å². The standard InChI is InChI=1S/C19H18BFO4.HPS.Tl/c1-6-15-17(21)8-7-13-9-14(23-11-22-5)10-16(18(13)15)20-24-12(2)19(3,4)25-20;1-2;/h7-10H,11H2,2-5H3;1H;. The van der Waals surface area contributed by atoms with Gasteiger partial charge >= 0.3 is 165 Å². The van der Waals surface area contributed by atoms with Crippen molar-refractivity contribution in [3.63, 3.8) is 0 Å². The smallest absolute Gasteiger partial charge is 0.0437 e. The largest absolute Gasteiger partial charge is 0.0615 e. The van der Waals surface area contributed by atoms with Gasteiger partial charge < -0.3 is 0 Å². The van der Waals surface area contributed by atoms with Crippen LogP contribution in [-0.4, -0.2) is 54.0 Å². The molecule has 1 unspecified atom stereocenters. The van der Waals surface area contributed by atoms with Crippen molar-refractivity contribution in [2.24, 2.45) is 0 Å². The molecule has 2 heterocycles. The molecule has 0 N–H and O–H groups in total. The number of methoxy groups -OCH3 is 1. The third kappa shape index (κ3) is 3.88. The predicted molar refractivity (Wildman–Crippen MR) is 115 cm³/mol. The van der Waals surface area contributed by atoms with Crippen molar-refractivity contribution in [3.05, 3.63) is 35.6 Å². The van der Waals surface area contributed by atoms with Crippen molar-refractivity contribution < 1.29 is 23.2 Å². The minimum atomic E-state index is -1.71. The SMILES string of the molecule is COCOc1cc2c3c(c(F)ccc3c1)C#[C][Tl][C]1(C)OB2OC1(C)C.P=S. The average Bonchev–Trinajstić information content (AvgIpc) is 2.94. The number of benzene rings is 2. The van der Waals surface area contributed by atoms with E-state index in [-0.39, 0.29) is 15.8 Å². The summed E-state index contributed by atoms with van der Waals surface area (Å²) < 4.78 is 40.8. The van der Waals surface area contributed by atoms with Gasteiger partial charge in [0.25, 0.3) is 0 Å². The first-order chi connectivity index (χ1) is 13.3. The molecule has 0 amide bonds. The molecule has 0 radical (unpaired) electrons. The fourth-order valence-corrected chi connectivity index (χ4v) is 7.59. The topological polar surface area (TPSA) is 36.9 Å². The van der Waals surface area contributed by atoms with E-state index in [1.165, 1.54) is 6.07 Å². The second-order valence-electron chi connectivity index (χ2n) is 7.18. The summed E-state index contributed by atoms with van der Waals surface area (Å²) in [6, 6.07) is 6.90. The maximum absolute atomic E-state index is 14.6. The van der Waals surface area contributed by atoms with E-state index in [1.54, 1.807) is 13.2 Å². The van der Waals surface area contributed by atoms with Crippen LogP contribution in [0.2, 0.25) is 0 Å². The van der Waals surface area contributed by atoms with Crippen molar-refractivity contribution in [2.45, 2.75) is 29.5 Å². The molecule has 143 valence electrons. The maximum atomic E-state index is 14.6. The molecule has 28 heavy (non-hydrogen) atoms. The van der Waals surface area contributed by atoms with Crippen LogP contribution in [0.15, 0.2) is 24.3 Å². The molecule has 1 fully saturated rings. The Morgan fingerprint density at radius 2 is 2.00 bits per heavy atom. The molecule has 0 aromatic heterocycles. The third-order valence-electron chi connectivity index (χ3n) is 5.16. The molecule has 1 atom stereocenters. The van der Waals surface area contributed by atoms with Crippen molar-refractivity contribution in [2.75, 3.05) is 13.9 Å². The van der Waals surface area contributed by atoms with E-state index in [1.807, 2.05) is 26.0 Å². The Morgan fingerprint density at radius 1 is 1.25 bits per heavy atom. The van der Waals surface area contributed by atoms with Crippen molar-refractivity contribution in [3.8, 4) is 15.1 Å². The van der Waals surface area contributed by atoms with E-state index in [4.69, 9.17) is 18.8 Å². The van der Waals surface area contributed by atoms with Gasteiger partial charge in [-0.3, -0.25) is 0 Å². The number of rotatable bonds is 3. The molecule has 2 bridgehead atoms. The summed E-state index contributed by atoms with van der Waals surface area (Å²) in [5.41, 5.74) is 0.734. The van der Waals surface area contributed by atoms with Crippen LogP contribution >= 0.6 is 8.02 Å². The van der Waals surface area contributed by atoms with Crippen molar-refractivity contribution in [1.82, 2.24) is 0 Å². The molecule has 2 aliphatic rings. The summed E-state index contributed by atoms with van der Waals surface area (Å²) in [6.45, 7) is 6.29. The van der Waals surface area contributed by atoms with Gasteiger partial charge in [0.2, 0.25) is 0 Å². The number of halogens is 1. The summed E-state index contributed by atoms with van der Waals surface area (Å²) >= 11 is 2.18. The Labute approximate surface area is 184 Å². The molecular weight excluding hydrogens is 589 g/mol. The molecule has 2 aliphatic heterocycles. The average molecular weight is 609 g/mol. The van der Waals surface area contributed by atoms with E-state index in [0.29, 0.717) is 11.3 Å². The van der Waals surface area contributed by atoms with Crippen LogP contribution in [0.1, 0.15) is 26.3 Å². The maximum Gasteiger partial charge on any atom is -0.0437 e. The number of hydrogen-bond acceptors (Lipinski definition) is 5. The van der Waals surface area contributed by atoms with Crippen LogP contribution in [0.3, 0.4) is 0 Å². The minimum absolute atomic E-state index is 0.130. The molecule has 4 rings (SSSR count). The van der Waals surface area contributed by atoms with Gasteiger partial charge in [-0.15, -0.1) is 0 Å². The number of hydrogen-bond donors (Lipinski definition) is 0. The van der Waals surface area contributed by atoms with Crippen LogP contribution in [0, 0.1) is 15.2 Å². The van der Waals surface area contributed by atoms with Crippen LogP contribution in [0.25, 0.3) is 10.8 Å². The Kier molecular flexibility index (Phi) is 6.80. The summed E-state index contributed by atoms with van der Waals surface area (Å²) in [4.78, 5) is 0. The quantitative estimate of drug-likeness (QED) is 0.232. The summed E-state index contributed by atoms with van der Waals surface area (Å²) in [7, 11) is 3.54. The Morgan fingerprint density at radius 3 is 2.71 bits per heavy atom. The van der Waals surface area contributed by atoms with Gasteiger partial charge in [0.1, 0.15) is 0 Å². The Balaban J connectivity index is 0.00000109. The predicted octanol–water partition coefficient (Wildman–Crippen LogP) is 2.82. The molecule has 0 spiro atoms. The van der Waals surface area contributed by atoms with E-state index in [0.717, 1.165) is 16.2 Å². The van der Waals surface area contributed by atoms with Crippen LogP contribution in [-0.2, 0) is 25.9 Å². The molecule has 2 aromatic rings. The van der Waals surface area contributed by atoms with Gasteiger partial charge in [-0.2, -0.15) is 0 Å². The van der Waals surface area contributed by atoms with Crippen LogP contribution in [0.4, 0.5) is 4.39 Å². The number of fused-ring (bicyclic) bond motifs is 3. The normalized spacial score (nSPS) is 21.0. The number of ether oxygens (including phenoxy) is 2. The molecular formula is C19H19BFO4PSTl. The first-order valence-electron chi connectivity index (χ1n) is 8.64. The van der Waals surface area contributed by atoms with Crippen molar-refractivity contribution in [1.29, 1.82) is 0 Å². The molecule has 0 aliphatic carbocycles. The monoisotopic (exact) mass is 609 g/mol. The Hall–Kier alpha value is -0.623. The molecule has 1 saturated heterocycles. The fraction of sp³-hybridized carbons (Fsp3) is 0.368. The van der Waals surface area contributed by atoms with Gasteiger partial charge in [0.05, 0.1) is 0 Å². The summed E-state index contributed by atoms with van der Waals surface area (Å²) in [5.74, 6) is 3.43. The summed E-state index contributed by atoms with van der Waals surface area (Å²) in [5, 5.41) is 1.58. The molecule has 0 saturated carbocycles. The molecule has 2 aromatic carbocycles. The second-order valence-corrected chi connectivity index (χ2v) is 13.7. The third-order valence-corrected chi connectivity index (χ3v) is 11.7. The van der Waals surface area contributed by atoms with Gasteiger partial charge in [0.15, 0.2) is 0 Å². The van der Waals surface area contributed by atoms with Crippen molar-refractivity contribution >= 4 is 67.4 Å².